The van der Waals surface area contributed by atoms with Gasteiger partial charge in [0.25, 0.3) is 11.4 Å². The van der Waals surface area contributed by atoms with E-state index >= 15 is 4.79 Å². The Balaban J connectivity index is 1.31. The van der Waals surface area contributed by atoms with E-state index in [0.29, 0.717) is 95.0 Å². The third kappa shape index (κ3) is 13.3. The molecule has 6 atom stereocenters. The summed E-state index contributed by atoms with van der Waals surface area (Å²) in [7, 11) is 2.97. The smallest absolute Gasteiger partial charge is 0.417 e. The molecule has 2 amide bonds. The van der Waals surface area contributed by atoms with Crippen LogP contribution in [0.4, 0.5) is 26.2 Å². The van der Waals surface area contributed by atoms with E-state index in [0.717, 1.165) is 0 Å². The molecule has 3 aliphatic rings. The minimum Gasteiger partial charge on any atom is -0.497 e. The van der Waals surface area contributed by atoms with Gasteiger partial charge in [0.05, 0.1) is 48.0 Å². The van der Waals surface area contributed by atoms with Crippen molar-refractivity contribution >= 4 is 40.9 Å². The lowest BCUT2D eigenvalue weighted by Gasteiger charge is -2.60. The number of nitro groups is 2. The first-order chi connectivity index (χ1) is 38.3. The van der Waals surface area contributed by atoms with E-state index in [1.54, 1.807) is 71.6 Å². The molecule has 0 saturated heterocycles. The summed E-state index contributed by atoms with van der Waals surface area (Å²) in [5.74, 6) is -3.11. The number of nitro benzene ring substituents is 2. The number of aliphatic hydroxyl groups is 2. The van der Waals surface area contributed by atoms with Crippen LogP contribution < -0.4 is 24.3 Å². The number of nitrogens with one attached hydrogen (secondary N) is 1. The van der Waals surface area contributed by atoms with Crippen LogP contribution in [-0.2, 0) is 27.5 Å². The fourth-order valence-electron chi connectivity index (χ4n) is 10.9. The Morgan fingerprint density at radius 2 is 1.53 bits per heavy atom. The summed E-state index contributed by atoms with van der Waals surface area (Å²) in [4.78, 5) is 58.8. The first-order valence-electron chi connectivity index (χ1n) is 25.9. The number of anilines is 1. The zero-order chi connectivity index (χ0) is 56.1. The molecule has 20 heteroatoms. The van der Waals surface area contributed by atoms with Crippen molar-refractivity contribution < 1.29 is 62.6 Å². The molecule has 19 nitrogen and oxygen atoms in total. The van der Waals surface area contributed by atoms with Crippen molar-refractivity contribution in [3.05, 3.63) is 188 Å². The van der Waals surface area contributed by atoms with Crippen LogP contribution in [-0.4, -0.2) is 88.5 Å². The standard InChI is InChI=1S/C59H62FN5O14/c1-4-31-76-59-54(63(36-39-11-18-42(60)19-12-39)55(68)28-17-38-13-20-43(21-14-38)64(70)71)35-51(62-77-37-40-15-22-44(23-16-40)65(72)73)48-32-41(9-5-7-29-66)47(10-6-8-30-67)56(57(48)59)49-33-46(25-27-52(49)79-59)78-58(69)61-50-26-24-45(74-2)34-53(50)75-3/h4,11-28,32-34,41,47,54,56-57,66-67H,1,5-10,29-31,35-37H2,2-3H3,(H,61,69)/t41-,47+,54-,56+,57+,59+/m0/s1. The Bertz CT molecular complexity index is 3080. The normalized spacial score (nSPS) is 20.4. The minimum atomic E-state index is -1.75. The molecule has 5 aromatic rings. The van der Waals surface area contributed by atoms with Gasteiger partial charge in [0.1, 0.15) is 41.5 Å². The van der Waals surface area contributed by atoms with Gasteiger partial charge in [-0.2, -0.15) is 0 Å². The molecule has 1 fully saturated rings. The Kier molecular flexibility index (Phi) is 18.9. The molecule has 0 spiro atoms. The molecule has 1 heterocycles. The third-order valence-electron chi connectivity index (χ3n) is 14.5. The highest BCUT2D eigenvalue weighted by Gasteiger charge is 2.65. The number of unbranched alkanes of at least 4 members (excludes halogenated alkanes) is 2. The first-order valence-corrected chi connectivity index (χ1v) is 25.9. The van der Waals surface area contributed by atoms with Crippen LogP contribution in [0, 0.1) is 43.8 Å². The van der Waals surface area contributed by atoms with E-state index in [2.05, 4.69) is 18.0 Å². The van der Waals surface area contributed by atoms with Crippen molar-refractivity contribution in [3.8, 4) is 23.0 Å². The number of hydrogen-bond donors (Lipinski definition) is 3. The number of carbonyl (C=O) groups is 2. The lowest BCUT2D eigenvalue weighted by atomic mass is 9.55. The zero-order valence-corrected chi connectivity index (χ0v) is 43.7. The molecule has 0 unspecified atom stereocenters. The number of benzene rings is 5. The van der Waals surface area contributed by atoms with Crippen molar-refractivity contribution in [2.45, 2.75) is 75.8 Å². The van der Waals surface area contributed by atoms with Gasteiger partial charge in [-0.15, -0.1) is 6.58 Å². The quantitative estimate of drug-likeness (QED) is 0.0162. The average molecular weight is 1080 g/mol. The number of ether oxygens (including phenoxy) is 5. The van der Waals surface area contributed by atoms with Crippen LogP contribution >= 0.6 is 0 Å². The van der Waals surface area contributed by atoms with Gasteiger partial charge in [0, 0.05) is 74.1 Å². The second-order valence-electron chi connectivity index (χ2n) is 19.3. The van der Waals surface area contributed by atoms with Crippen molar-refractivity contribution in [1.29, 1.82) is 0 Å². The molecule has 79 heavy (non-hydrogen) atoms. The fraction of sp³-hybridized carbons (Fsp3) is 0.339. The van der Waals surface area contributed by atoms with Crippen LogP contribution in [0.25, 0.3) is 6.08 Å². The van der Waals surface area contributed by atoms with Gasteiger partial charge in [-0.1, -0.05) is 42.3 Å². The molecule has 0 bridgehead atoms. The van der Waals surface area contributed by atoms with E-state index in [9.17, 15) is 39.6 Å². The van der Waals surface area contributed by atoms with Crippen molar-refractivity contribution in [2.24, 2.45) is 22.9 Å². The minimum absolute atomic E-state index is 0.0215. The topological polar surface area (TPSA) is 244 Å². The predicted molar refractivity (Wildman–Crippen MR) is 291 cm³/mol. The Morgan fingerprint density at radius 3 is 2.19 bits per heavy atom. The van der Waals surface area contributed by atoms with Gasteiger partial charge in [-0.05, 0) is 133 Å². The molecule has 1 aliphatic heterocycles. The molecule has 0 radical (unpaired) electrons. The van der Waals surface area contributed by atoms with Gasteiger partial charge in [0.15, 0.2) is 0 Å². The zero-order valence-electron chi connectivity index (χ0n) is 43.7. The molecule has 1 saturated carbocycles. The number of non-ortho nitro benzene ring substituents is 2. The van der Waals surface area contributed by atoms with E-state index < -0.39 is 51.3 Å². The molecule has 2 aliphatic carbocycles. The van der Waals surface area contributed by atoms with Crippen LogP contribution in [0.15, 0.2) is 145 Å². The van der Waals surface area contributed by atoms with Gasteiger partial charge in [-0.3, -0.25) is 30.3 Å². The molecule has 5 aromatic carbocycles. The summed E-state index contributed by atoms with van der Waals surface area (Å²) in [6.07, 6.45) is 9.31. The number of allylic oxidation sites excluding steroid dienone is 1. The summed E-state index contributed by atoms with van der Waals surface area (Å²) in [5.41, 5.74) is 3.53. The first kappa shape index (κ1) is 56.7. The van der Waals surface area contributed by atoms with E-state index in [1.807, 2.05) is 0 Å². The van der Waals surface area contributed by atoms with Crippen LogP contribution in [0.3, 0.4) is 0 Å². The van der Waals surface area contributed by atoms with Gasteiger partial charge in [-0.25, -0.2) is 9.18 Å². The number of aliphatic hydroxyl groups excluding tert-OH is 2. The highest BCUT2D eigenvalue weighted by atomic mass is 19.1. The largest absolute Gasteiger partial charge is 0.497 e. The molecular weight excluding hydrogens is 1020 g/mol. The maximum Gasteiger partial charge on any atom is 0.417 e. The second-order valence-corrected chi connectivity index (χ2v) is 19.3. The summed E-state index contributed by atoms with van der Waals surface area (Å²) >= 11 is 0. The monoisotopic (exact) mass is 1080 g/mol. The number of oxime groups is 1. The van der Waals surface area contributed by atoms with E-state index in [-0.39, 0.29) is 68.4 Å². The fourth-order valence-corrected chi connectivity index (χ4v) is 10.9. The molecule has 8 rings (SSSR count). The summed E-state index contributed by atoms with van der Waals surface area (Å²) in [6.45, 7) is 3.69. The maximum absolute atomic E-state index is 15.3. The van der Waals surface area contributed by atoms with E-state index in [4.69, 9.17) is 33.7 Å². The van der Waals surface area contributed by atoms with Gasteiger partial charge < -0.3 is 43.6 Å². The lowest BCUT2D eigenvalue weighted by Crippen LogP contribution is -2.70. The number of rotatable bonds is 25. The third-order valence-corrected chi connectivity index (χ3v) is 14.5. The Hall–Kier alpha value is -8.46. The van der Waals surface area contributed by atoms with Crippen LogP contribution in [0.2, 0.25) is 0 Å². The molecule has 3 N–H and O–H groups in total. The summed E-state index contributed by atoms with van der Waals surface area (Å²) in [6, 6.07) is 26.2. The molecule has 0 aromatic heterocycles. The van der Waals surface area contributed by atoms with Gasteiger partial charge in [0.2, 0.25) is 11.7 Å². The Labute approximate surface area is 455 Å². The number of methoxy groups -OCH3 is 2. The van der Waals surface area contributed by atoms with Crippen molar-refractivity contribution in [3.63, 3.8) is 0 Å². The second kappa shape index (κ2) is 26.3. The number of amides is 2. The lowest BCUT2D eigenvalue weighted by molar-refractivity contribution is -0.385. The van der Waals surface area contributed by atoms with E-state index in [1.165, 1.54) is 74.9 Å². The van der Waals surface area contributed by atoms with Crippen molar-refractivity contribution in [1.82, 2.24) is 4.90 Å². The van der Waals surface area contributed by atoms with Crippen LogP contribution in [0.1, 0.15) is 73.1 Å². The highest BCUT2D eigenvalue weighted by Crippen LogP contribution is 2.62. The molecule has 414 valence electrons. The van der Waals surface area contributed by atoms with Crippen molar-refractivity contribution in [2.75, 3.05) is 39.4 Å². The SMILES string of the molecule is C=CCO[C@@]12Oc3ccc(OC(=O)Nc4ccc(OC)cc4OC)cc3[C@H]3[C@H](CCCCO)[C@@H](CCCCO)C=C(C(=NOCc4ccc([N+](=O)[O-])cc4)C[C@@H]1N(Cc1ccc(F)cc1)C(=O)C=Cc1ccc([N+](=O)[O-])cc1)[C@H]32. The molecular formula is C59H62FN5O14. The number of fused-ring (bicyclic) bond motifs is 2. The summed E-state index contributed by atoms with van der Waals surface area (Å²) in [5, 5.41) is 50.8. The summed E-state index contributed by atoms with van der Waals surface area (Å²) < 4.78 is 45.9. The number of halogens is 1. The Morgan fingerprint density at radius 1 is 0.861 bits per heavy atom. The number of carbonyl (C=O) groups excluding carboxylic acids is 2. The maximum atomic E-state index is 15.3. The van der Waals surface area contributed by atoms with Crippen LogP contribution in [0.5, 0.6) is 23.0 Å². The predicted octanol–water partition coefficient (Wildman–Crippen LogP) is 10.8. The number of nitrogens with zero attached hydrogens (tertiary/aromatic N) is 4. The highest BCUT2D eigenvalue weighted by molar-refractivity contribution is 6.03. The average Bonchev–Trinajstić information content (AvgIpc) is 3.46. The number of hydrogen-bond acceptors (Lipinski definition) is 15. The van der Waals surface area contributed by atoms with Gasteiger partial charge >= 0.3 is 6.09 Å².